The van der Waals surface area contributed by atoms with Crippen molar-refractivity contribution >= 4 is 28.6 Å². The molecule has 3 rings (SSSR count). The molecular weight excluding hydrogens is 266 g/mol. The molecule has 3 heterocycles. The van der Waals surface area contributed by atoms with E-state index in [0.29, 0.717) is 5.69 Å². The molecular formula is C12H13N3OS2. The van der Waals surface area contributed by atoms with E-state index in [-0.39, 0.29) is 11.9 Å². The zero-order chi connectivity index (χ0) is 12.4. The van der Waals surface area contributed by atoms with Crippen LogP contribution in [0, 0.1) is 0 Å². The first kappa shape index (κ1) is 11.8. The van der Waals surface area contributed by atoms with Crippen LogP contribution in [0.25, 0.3) is 10.6 Å². The molecule has 6 heteroatoms. The average Bonchev–Trinajstić information content (AvgIpc) is 3.11. The standard InChI is InChI=1S/C12H13N3OS2/c16-11(14-9-1-3-13-5-9)10-7-18-12(15-10)8-2-4-17-6-8/h2,4,6-7,9,13H,1,3,5H2,(H,14,16). The lowest BCUT2D eigenvalue weighted by atomic mass is 10.2. The number of amides is 1. The van der Waals surface area contributed by atoms with Gasteiger partial charge in [-0.3, -0.25) is 4.79 Å². The van der Waals surface area contributed by atoms with Gasteiger partial charge in [-0.15, -0.1) is 11.3 Å². The molecule has 0 radical (unpaired) electrons. The van der Waals surface area contributed by atoms with Crippen molar-refractivity contribution in [1.82, 2.24) is 15.6 Å². The smallest absolute Gasteiger partial charge is 0.271 e. The number of nitrogens with one attached hydrogen (secondary N) is 2. The van der Waals surface area contributed by atoms with E-state index >= 15 is 0 Å². The minimum atomic E-state index is -0.0681. The van der Waals surface area contributed by atoms with Gasteiger partial charge in [-0.25, -0.2) is 4.98 Å². The SMILES string of the molecule is O=C(NC1CCNC1)c1csc(-c2ccsc2)n1. The Morgan fingerprint density at radius 2 is 2.44 bits per heavy atom. The molecule has 1 aliphatic rings. The molecule has 0 aliphatic carbocycles. The van der Waals surface area contributed by atoms with E-state index in [1.807, 2.05) is 22.2 Å². The van der Waals surface area contributed by atoms with Crippen molar-refractivity contribution in [2.45, 2.75) is 12.5 Å². The highest BCUT2D eigenvalue weighted by Crippen LogP contribution is 2.25. The molecule has 1 saturated heterocycles. The molecule has 0 spiro atoms. The minimum Gasteiger partial charge on any atom is -0.347 e. The van der Waals surface area contributed by atoms with Crippen LogP contribution in [-0.4, -0.2) is 30.0 Å². The first-order valence-electron chi connectivity index (χ1n) is 5.82. The maximum Gasteiger partial charge on any atom is 0.271 e. The molecule has 0 bridgehead atoms. The second kappa shape index (κ2) is 5.17. The second-order valence-corrected chi connectivity index (χ2v) is 5.85. The maximum absolute atomic E-state index is 12.0. The van der Waals surface area contributed by atoms with Crippen molar-refractivity contribution in [2.75, 3.05) is 13.1 Å². The molecule has 1 amide bonds. The second-order valence-electron chi connectivity index (χ2n) is 4.21. The lowest BCUT2D eigenvalue weighted by Crippen LogP contribution is -2.36. The summed E-state index contributed by atoms with van der Waals surface area (Å²) in [6, 6.07) is 2.26. The van der Waals surface area contributed by atoms with Crippen LogP contribution < -0.4 is 10.6 Å². The van der Waals surface area contributed by atoms with Gasteiger partial charge in [-0.05, 0) is 24.4 Å². The van der Waals surface area contributed by atoms with Crippen molar-refractivity contribution < 1.29 is 4.79 Å². The van der Waals surface area contributed by atoms with E-state index < -0.39 is 0 Å². The third-order valence-corrected chi connectivity index (χ3v) is 4.48. The van der Waals surface area contributed by atoms with Crippen LogP contribution in [0.4, 0.5) is 0 Å². The Morgan fingerprint density at radius 3 is 3.17 bits per heavy atom. The van der Waals surface area contributed by atoms with Crippen molar-refractivity contribution in [2.24, 2.45) is 0 Å². The highest BCUT2D eigenvalue weighted by molar-refractivity contribution is 7.14. The van der Waals surface area contributed by atoms with E-state index in [1.165, 1.54) is 11.3 Å². The van der Waals surface area contributed by atoms with Crippen LogP contribution in [0.2, 0.25) is 0 Å². The van der Waals surface area contributed by atoms with Crippen LogP contribution in [0.3, 0.4) is 0 Å². The molecule has 2 aromatic heterocycles. The zero-order valence-corrected chi connectivity index (χ0v) is 11.3. The van der Waals surface area contributed by atoms with E-state index in [9.17, 15) is 4.79 Å². The number of aromatic nitrogens is 1. The fourth-order valence-electron chi connectivity index (χ4n) is 1.93. The molecule has 94 valence electrons. The van der Waals surface area contributed by atoms with E-state index in [1.54, 1.807) is 11.3 Å². The average molecular weight is 279 g/mol. The summed E-state index contributed by atoms with van der Waals surface area (Å²) in [5, 5.41) is 13.0. The topological polar surface area (TPSA) is 54.0 Å². The van der Waals surface area contributed by atoms with Crippen molar-refractivity contribution in [3.63, 3.8) is 0 Å². The molecule has 18 heavy (non-hydrogen) atoms. The van der Waals surface area contributed by atoms with Gasteiger partial charge in [0.2, 0.25) is 0 Å². The van der Waals surface area contributed by atoms with Crippen LogP contribution >= 0.6 is 22.7 Å². The molecule has 1 fully saturated rings. The molecule has 1 aliphatic heterocycles. The number of rotatable bonds is 3. The number of carbonyl (C=O) groups excluding carboxylic acids is 1. The van der Waals surface area contributed by atoms with E-state index in [0.717, 1.165) is 30.1 Å². The van der Waals surface area contributed by atoms with Crippen LogP contribution in [0.15, 0.2) is 22.2 Å². The predicted molar refractivity (Wildman–Crippen MR) is 74.2 cm³/mol. The van der Waals surface area contributed by atoms with Gasteiger partial charge < -0.3 is 10.6 Å². The summed E-state index contributed by atoms with van der Waals surface area (Å²) in [4.78, 5) is 16.4. The van der Waals surface area contributed by atoms with Gasteiger partial charge in [0.15, 0.2) is 0 Å². The number of hydrogen-bond acceptors (Lipinski definition) is 5. The summed E-state index contributed by atoms with van der Waals surface area (Å²) in [6.45, 7) is 1.83. The summed E-state index contributed by atoms with van der Waals surface area (Å²) >= 11 is 3.15. The van der Waals surface area contributed by atoms with Gasteiger partial charge in [-0.1, -0.05) is 0 Å². The normalized spacial score (nSPS) is 19.0. The predicted octanol–water partition coefficient (Wildman–Crippen LogP) is 1.96. The summed E-state index contributed by atoms with van der Waals surface area (Å²) in [6.07, 6.45) is 0.993. The number of thiophene rings is 1. The fourth-order valence-corrected chi connectivity index (χ4v) is 3.45. The highest BCUT2D eigenvalue weighted by Gasteiger charge is 2.19. The maximum atomic E-state index is 12.0. The van der Waals surface area contributed by atoms with Gasteiger partial charge in [0, 0.05) is 28.9 Å². The van der Waals surface area contributed by atoms with Crippen molar-refractivity contribution in [3.8, 4) is 10.6 Å². The number of carbonyl (C=O) groups is 1. The number of thiazole rings is 1. The van der Waals surface area contributed by atoms with Crippen LogP contribution in [0.1, 0.15) is 16.9 Å². The summed E-state index contributed by atoms with van der Waals surface area (Å²) in [5.74, 6) is -0.0681. The number of hydrogen-bond donors (Lipinski definition) is 2. The third kappa shape index (κ3) is 2.45. The Labute approximate surface area is 113 Å². The summed E-state index contributed by atoms with van der Waals surface area (Å²) < 4.78 is 0. The molecule has 4 nitrogen and oxygen atoms in total. The molecule has 1 unspecified atom stereocenters. The number of nitrogens with zero attached hydrogens (tertiary/aromatic N) is 1. The molecule has 2 N–H and O–H groups in total. The largest absolute Gasteiger partial charge is 0.347 e. The lowest BCUT2D eigenvalue weighted by molar-refractivity contribution is 0.0936. The van der Waals surface area contributed by atoms with Gasteiger partial charge in [-0.2, -0.15) is 11.3 Å². The van der Waals surface area contributed by atoms with Crippen molar-refractivity contribution in [3.05, 3.63) is 27.9 Å². The highest BCUT2D eigenvalue weighted by atomic mass is 32.1. The van der Waals surface area contributed by atoms with E-state index in [4.69, 9.17) is 0 Å². The van der Waals surface area contributed by atoms with Crippen LogP contribution in [0.5, 0.6) is 0 Å². The fraction of sp³-hybridized carbons (Fsp3) is 0.333. The van der Waals surface area contributed by atoms with Crippen LogP contribution in [-0.2, 0) is 0 Å². The Kier molecular flexibility index (Phi) is 3.40. The summed E-state index contributed by atoms with van der Waals surface area (Å²) in [7, 11) is 0. The van der Waals surface area contributed by atoms with E-state index in [2.05, 4.69) is 15.6 Å². The Balaban J connectivity index is 1.70. The first-order valence-corrected chi connectivity index (χ1v) is 7.65. The molecule has 0 aromatic carbocycles. The molecule has 2 aromatic rings. The quantitative estimate of drug-likeness (QED) is 0.903. The first-order chi connectivity index (χ1) is 8.83. The summed E-state index contributed by atoms with van der Waals surface area (Å²) in [5.41, 5.74) is 1.61. The minimum absolute atomic E-state index is 0.0681. The Bertz CT molecular complexity index is 529. The van der Waals surface area contributed by atoms with Gasteiger partial charge >= 0.3 is 0 Å². The monoisotopic (exact) mass is 279 g/mol. The Hall–Kier alpha value is -1.24. The van der Waals surface area contributed by atoms with Gasteiger partial charge in [0.05, 0.1) is 0 Å². The third-order valence-electron chi connectivity index (χ3n) is 2.90. The molecule has 0 saturated carbocycles. The zero-order valence-electron chi connectivity index (χ0n) is 9.68. The van der Waals surface area contributed by atoms with Gasteiger partial charge in [0.1, 0.15) is 10.7 Å². The molecule has 1 atom stereocenters. The van der Waals surface area contributed by atoms with Crippen molar-refractivity contribution in [1.29, 1.82) is 0 Å². The van der Waals surface area contributed by atoms with Gasteiger partial charge in [0.25, 0.3) is 5.91 Å². The lowest BCUT2D eigenvalue weighted by Gasteiger charge is -2.09. The Morgan fingerprint density at radius 1 is 1.50 bits per heavy atom.